The van der Waals surface area contributed by atoms with Gasteiger partial charge in [0.15, 0.2) is 0 Å². The van der Waals surface area contributed by atoms with E-state index in [0.717, 1.165) is 29.9 Å². The lowest BCUT2D eigenvalue weighted by atomic mass is 10.0. The minimum Gasteiger partial charge on any atom is -0.332 e. The van der Waals surface area contributed by atoms with Crippen LogP contribution in [0.3, 0.4) is 0 Å². The predicted molar refractivity (Wildman–Crippen MR) is 89.9 cm³/mol. The van der Waals surface area contributed by atoms with Crippen molar-refractivity contribution in [2.45, 2.75) is 33.2 Å². The number of aryl methyl sites for hydroxylation is 2. The van der Waals surface area contributed by atoms with Crippen LogP contribution >= 0.6 is 11.3 Å². The Hall–Kier alpha value is -1.88. The second-order valence-corrected chi connectivity index (χ2v) is 6.80. The molecule has 22 heavy (non-hydrogen) atoms. The van der Waals surface area contributed by atoms with E-state index in [1.165, 1.54) is 10.4 Å². The van der Waals surface area contributed by atoms with E-state index in [1.54, 1.807) is 17.4 Å². The molecule has 3 rings (SSSR count). The van der Waals surface area contributed by atoms with Gasteiger partial charge in [0.1, 0.15) is 0 Å². The highest BCUT2D eigenvalue weighted by molar-refractivity contribution is 7.10. The molecule has 0 saturated carbocycles. The zero-order valence-corrected chi connectivity index (χ0v) is 14.3. The fourth-order valence-electron chi connectivity index (χ4n) is 3.09. The molecular weight excluding hydrogens is 294 g/mol. The van der Waals surface area contributed by atoms with Crippen LogP contribution in [0, 0.1) is 13.8 Å². The fraction of sp³-hybridized carbons (Fsp3) is 0.412. The Kier molecular flexibility index (Phi) is 3.91. The molecule has 0 spiro atoms. The molecule has 3 heterocycles. The van der Waals surface area contributed by atoms with Gasteiger partial charge in [0.2, 0.25) is 5.91 Å². The zero-order chi connectivity index (χ0) is 15.9. The molecule has 0 bridgehead atoms. The first-order chi connectivity index (χ1) is 10.5. The Labute approximate surface area is 135 Å². The van der Waals surface area contributed by atoms with Crippen LogP contribution < -0.4 is 0 Å². The summed E-state index contributed by atoms with van der Waals surface area (Å²) in [6.45, 7) is 6.89. The van der Waals surface area contributed by atoms with E-state index in [4.69, 9.17) is 0 Å². The monoisotopic (exact) mass is 315 g/mol. The highest BCUT2D eigenvalue weighted by atomic mass is 32.1. The summed E-state index contributed by atoms with van der Waals surface area (Å²) in [5.41, 5.74) is 4.37. The second kappa shape index (κ2) is 5.72. The van der Waals surface area contributed by atoms with Crippen LogP contribution in [0.15, 0.2) is 17.5 Å². The molecule has 0 saturated heterocycles. The number of nitrogens with zero attached hydrogens (tertiary/aromatic N) is 3. The average Bonchev–Trinajstić information content (AvgIpc) is 3.04. The van der Waals surface area contributed by atoms with Crippen molar-refractivity contribution in [1.29, 1.82) is 0 Å². The van der Waals surface area contributed by atoms with E-state index < -0.39 is 0 Å². The third kappa shape index (κ3) is 2.50. The number of carbonyl (C=O) groups excluding carboxylic acids is 1. The molecule has 116 valence electrons. The summed E-state index contributed by atoms with van der Waals surface area (Å²) < 4.78 is 1.85. The number of amides is 1. The van der Waals surface area contributed by atoms with Gasteiger partial charge < -0.3 is 4.90 Å². The van der Waals surface area contributed by atoms with Crippen molar-refractivity contribution in [3.8, 4) is 0 Å². The minimum absolute atomic E-state index is 0.0759. The SMILES string of the molecule is Cc1nn(C)c(C)c1/C=C/C(=O)N1CCc2sccc2[C@@H]1C. The Morgan fingerprint density at radius 2 is 2.23 bits per heavy atom. The standard InChI is InChI=1S/C17H21N3OS/c1-11-14(12(2)19(4)18-11)5-6-17(21)20-9-7-16-15(13(20)3)8-10-22-16/h5-6,8,10,13H,7,9H2,1-4H3/b6-5+/t13-/m0/s1. The molecule has 4 nitrogen and oxygen atoms in total. The summed E-state index contributed by atoms with van der Waals surface area (Å²) in [7, 11) is 1.92. The zero-order valence-electron chi connectivity index (χ0n) is 13.5. The van der Waals surface area contributed by atoms with E-state index >= 15 is 0 Å². The van der Waals surface area contributed by atoms with Gasteiger partial charge in [-0.05, 0) is 50.3 Å². The first-order valence-corrected chi connectivity index (χ1v) is 8.42. The molecule has 0 N–H and O–H groups in total. The third-order valence-electron chi connectivity index (χ3n) is 4.52. The Morgan fingerprint density at radius 1 is 1.45 bits per heavy atom. The molecule has 2 aromatic heterocycles. The summed E-state index contributed by atoms with van der Waals surface area (Å²) in [6, 6.07) is 2.30. The van der Waals surface area contributed by atoms with Crippen LogP contribution in [-0.2, 0) is 18.3 Å². The maximum Gasteiger partial charge on any atom is 0.247 e. The van der Waals surface area contributed by atoms with Crippen molar-refractivity contribution in [3.05, 3.63) is 44.9 Å². The molecule has 0 radical (unpaired) electrons. The van der Waals surface area contributed by atoms with E-state index in [1.807, 2.05) is 36.6 Å². The van der Waals surface area contributed by atoms with Crippen LogP contribution in [0.2, 0.25) is 0 Å². The van der Waals surface area contributed by atoms with Crippen LogP contribution in [0.1, 0.15) is 40.4 Å². The highest BCUT2D eigenvalue weighted by Gasteiger charge is 2.27. The smallest absolute Gasteiger partial charge is 0.247 e. The van der Waals surface area contributed by atoms with Crippen molar-refractivity contribution >= 4 is 23.3 Å². The first-order valence-electron chi connectivity index (χ1n) is 7.54. The molecule has 2 aromatic rings. The van der Waals surface area contributed by atoms with Gasteiger partial charge in [0, 0.05) is 35.8 Å². The van der Waals surface area contributed by atoms with Gasteiger partial charge >= 0.3 is 0 Å². The molecule has 0 aliphatic carbocycles. The number of rotatable bonds is 2. The van der Waals surface area contributed by atoms with Crippen LogP contribution in [0.25, 0.3) is 6.08 Å². The molecule has 0 fully saturated rings. The Balaban J connectivity index is 1.79. The van der Waals surface area contributed by atoms with E-state index in [-0.39, 0.29) is 11.9 Å². The summed E-state index contributed by atoms with van der Waals surface area (Å²) >= 11 is 1.79. The number of fused-ring (bicyclic) bond motifs is 1. The summed E-state index contributed by atoms with van der Waals surface area (Å²) in [5, 5.41) is 6.50. The molecule has 5 heteroatoms. The summed E-state index contributed by atoms with van der Waals surface area (Å²) in [6.07, 6.45) is 4.54. The number of carbonyl (C=O) groups is 1. The van der Waals surface area contributed by atoms with Gasteiger partial charge in [-0.15, -0.1) is 11.3 Å². The van der Waals surface area contributed by atoms with E-state index in [9.17, 15) is 4.79 Å². The number of hydrogen-bond donors (Lipinski definition) is 0. The normalized spacial score (nSPS) is 18.0. The van der Waals surface area contributed by atoms with Crippen LogP contribution in [0.5, 0.6) is 0 Å². The van der Waals surface area contributed by atoms with Crippen molar-refractivity contribution < 1.29 is 4.79 Å². The van der Waals surface area contributed by atoms with Crippen molar-refractivity contribution in [1.82, 2.24) is 14.7 Å². The lowest BCUT2D eigenvalue weighted by Crippen LogP contribution is -2.37. The number of hydrogen-bond acceptors (Lipinski definition) is 3. The van der Waals surface area contributed by atoms with Gasteiger partial charge in [-0.25, -0.2) is 0 Å². The molecular formula is C17H21N3OS. The summed E-state index contributed by atoms with van der Waals surface area (Å²) in [4.78, 5) is 15.9. The number of thiophene rings is 1. The quantitative estimate of drug-likeness (QED) is 0.798. The maximum absolute atomic E-state index is 12.6. The Morgan fingerprint density at radius 3 is 2.91 bits per heavy atom. The fourth-order valence-corrected chi connectivity index (χ4v) is 4.05. The molecule has 1 aliphatic rings. The Bertz CT molecular complexity index is 741. The van der Waals surface area contributed by atoms with Gasteiger partial charge in [-0.1, -0.05) is 0 Å². The number of aromatic nitrogens is 2. The average molecular weight is 315 g/mol. The van der Waals surface area contributed by atoms with Crippen molar-refractivity contribution in [3.63, 3.8) is 0 Å². The van der Waals surface area contributed by atoms with E-state index in [0.29, 0.717) is 0 Å². The predicted octanol–water partition coefficient (Wildman–Crippen LogP) is 3.26. The molecule has 1 amide bonds. The first kappa shape index (κ1) is 15.0. The van der Waals surface area contributed by atoms with Crippen LogP contribution in [0.4, 0.5) is 0 Å². The highest BCUT2D eigenvalue weighted by Crippen LogP contribution is 2.32. The van der Waals surface area contributed by atoms with Crippen molar-refractivity contribution in [2.24, 2.45) is 7.05 Å². The maximum atomic E-state index is 12.6. The van der Waals surface area contributed by atoms with Gasteiger partial charge in [0.05, 0.1) is 11.7 Å². The van der Waals surface area contributed by atoms with E-state index in [2.05, 4.69) is 23.5 Å². The molecule has 0 aromatic carbocycles. The second-order valence-electron chi connectivity index (χ2n) is 5.80. The van der Waals surface area contributed by atoms with Gasteiger partial charge in [0.25, 0.3) is 0 Å². The lowest BCUT2D eigenvalue weighted by molar-refractivity contribution is -0.128. The van der Waals surface area contributed by atoms with Crippen molar-refractivity contribution in [2.75, 3.05) is 6.54 Å². The minimum atomic E-state index is 0.0759. The summed E-state index contributed by atoms with van der Waals surface area (Å²) in [5.74, 6) is 0.0759. The van der Waals surface area contributed by atoms with Gasteiger partial charge in [-0.3, -0.25) is 9.48 Å². The molecule has 0 unspecified atom stereocenters. The molecule has 1 aliphatic heterocycles. The third-order valence-corrected chi connectivity index (χ3v) is 5.51. The topological polar surface area (TPSA) is 38.1 Å². The molecule has 1 atom stereocenters. The van der Waals surface area contributed by atoms with Gasteiger partial charge in [-0.2, -0.15) is 5.10 Å². The largest absolute Gasteiger partial charge is 0.332 e. The lowest BCUT2D eigenvalue weighted by Gasteiger charge is -2.32. The van der Waals surface area contributed by atoms with Crippen LogP contribution in [-0.4, -0.2) is 27.1 Å².